The number of carbonyl (C=O) groups excluding carboxylic acids is 4. The number of amides is 5. The summed E-state index contributed by atoms with van der Waals surface area (Å²) < 4.78 is 0. The van der Waals surface area contributed by atoms with Crippen LogP contribution < -0.4 is 32.4 Å². The normalized spacial score (nSPS) is 21.2. The van der Waals surface area contributed by atoms with Gasteiger partial charge in [-0.3, -0.25) is 19.3 Å². The molecule has 33 heavy (non-hydrogen) atoms. The molecular formula is C22H31N7O4. The summed E-state index contributed by atoms with van der Waals surface area (Å²) in [7, 11) is 0. The lowest BCUT2D eigenvalue weighted by Gasteiger charge is -2.29. The predicted molar refractivity (Wildman–Crippen MR) is 123 cm³/mol. The van der Waals surface area contributed by atoms with E-state index in [1.165, 1.54) is 11.1 Å². The monoisotopic (exact) mass is 457 g/mol. The van der Waals surface area contributed by atoms with Crippen LogP contribution in [0.5, 0.6) is 0 Å². The van der Waals surface area contributed by atoms with Crippen LogP contribution in [0.15, 0.2) is 23.3 Å². The second-order valence-corrected chi connectivity index (χ2v) is 8.25. The van der Waals surface area contributed by atoms with Gasteiger partial charge in [-0.1, -0.05) is 32.0 Å². The van der Waals surface area contributed by atoms with Gasteiger partial charge in [-0.15, -0.1) is 0 Å². The minimum absolute atomic E-state index is 0.326. The molecule has 0 radical (unpaired) electrons. The van der Waals surface area contributed by atoms with E-state index in [4.69, 9.17) is 11.5 Å². The fourth-order valence-electron chi connectivity index (χ4n) is 4.15. The standard InChI is InChI=1S/C22H31N7O4/c1-3-14(11-25-28-22(24)33)26-20(31)17-10-13-7-5-6-12-8-9-16(21(32)29(17)18(12)13)27-19(30)15(23)4-2/h5-7,11,14-17H,3-4,8-10,23H2,1-2H3,(H,26,31)(H,27,30)(H3,24,28,33)/b25-11+/t14-,15-,16-,17-/m0/s1. The molecule has 178 valence electrons. The van der Waals surface area contributed by atoms with Gasteiger partial charge in [0.15, 0.2) is 0 Å². The second-order valence-electron chi connectivity index (χ2n) is 8.25. The molecule has 0 aliphatic carbocycles. The Morgan fingerprint density at radius 2 is 1.97 bits per heavy atom. The molecule has 11 nitrogen and oxygen atoms in total. The van der Waals surface area contributed by atoms with Crippen LogP contribution in [-0.4, -0.2) is 54.1 Å². The number of carbonyl (C=O) groups is 4. The number of nitrogens with zero attached hydrogens (tertiary/aromatic N) is 2. The van der Waals surface area contributed by atoms with E-state index in [-0.39, 0.29) is 17.7 Å². The van der Waals surface area contributed by atoms with Crippen LogP contribution in [0.3, 0.4) is 0 Å². The molecule has 3 rings (SSSR count). The number of primary amides is 1. The molecule has 0 aromatic heterocycles. The van der Waals surface area contributed by atoms with Crippen molar-refractivity contribution < 1.29 is 19.2 Å². The lowest BCUT2D eigenvalue weighted by Crippen LogP contribution is -2.57. The molecule has 0 unspecified atom stereocenters. The Morgan fingerprint density at radius 3 is 2.64 bits per heavy atom. The fraction of sp³-hybridized carbons (Fsp3) is 0.500. The van der Waals surface area contributed by atoms with Crippen molar-refractivity contribution in [2.24, 2.45) is 16.6 Å². The van der Waals surface area contributed by atoms with Crippen molar-refractivity contribution in [2.75, 3.05) is 4.90 Å². The van der Waals surface area contributed by atoms with Crippen molar-refractivity contribution in [3.63, 3.8) is 0 Å². The molecule has 2 heterocycles. The number of hydrogen-bond acceptors (Lipinski definition) is 6. The minimum Gasteiger partial charge on any atom is -0.350 e. The van der Waals surface area contributed by atoms with E-state index < -0.39 is 30.2 Å². The van der Waals surface area contributed by atoms with Gasteiger partial charge in [-0.05, 0) is 36.8 Å². The molecule has 7 N–H and O–H groups in total. The first kappa shape index (κ1) is 24.2. The highest BCUT2D eigenvalue weighted by Crippen LogP contribution is 2.39. The average Bonchev–Trinajstić information content (AvgIpc) is 3.13. The molecular weight excluding hydrogens is 426 g/mol. The minimum atomic E-state index is -0.808. The number of hydrogen-bond donors (Lipinski definition) is 5. The van der Waals surface area contributed by atoms with Crippen molar-refractivity contribution in [3.05, 3.63) is 29.3 Å². The summed E-state index contributed by atoms with van der Waals surface area (Å²) in [6.45, 7) is 3.65. The summed E-state index contributed by atoms with van der Waals surface area (Å²) in [4.78, 5) is 51.5. The predicted octanol–water partition coefficient (Wildman–Crippen LogP) is -0.338. The SMILES string of the molecule is CC[C@@H](/C=N/NC(N)=O)NC(=O)[C@@H]1Cc2cccc3c2N1C(=O)[C@@H](NC(=O)[C@@H](N)CC)CC3. The van der Waals surface area contributed by atoms with Gasteiger partial charge in [0, 0.05) is 12.6 Å². The van der Waals surface area contributed by atoms with Crippen LogP contribution >= 0.6 is 0 Å². The summed E-state index contributed by atoms with van der Waals surface area (Å²) in [5, 5.41) is 9.36. The van der Waals surface area contributed by atoms with Crippen LogP contribution in [0.1, 0.15) is 44.2 Å². The summed E-state index contributed by atoms with van der Waals surface area (Å²) >= 11 is 0. The number of hydrazone groups is 1. The van der Waals surface area contributed by atoms with E-state index in [1.807, 2.05) is 25.1 Å². The molecule has 0 saturated carbocycles. The number of nitrogens with two attached hydrogens (primary N) is 2. The first-order valence-electron chi connectivity index (χ1n) is 11.2. The topological polar surface area (TPSA) is 172 Å². The lowest BCUT2D eigenvalue weighted by molar-refractivity contribution is -0.130. The van der Waals surface area contributed by atoms with Crippen molar-refractivity contribution in [2.45, 2.75) is 70.1 Å². The highest BCUT2D eigenvalue weighted by Gasteiger charge is 2.44. The molecule has 0 bridgehead atoms. The second kappa shape index (κ2) is 10.4. The van der Waals surface area contributed by atoms with Gasteiger partial charge < -0.3 is 22.1 Å². The van der Waals surface area contributed by atoms with E-state index >= 15 is 0 Å². The van der Waals surface area contributed by atoms with Crippen LogP contribution in [0, 0.1) is 0 Å². The first-order valence-corrected chi connectivity index (χ1v) is 11.2. The average molecular weight is 458 g/mol. The smallest absolute Gasteiger partial charge is 0.332 e. The number of aryl methyl sites for hydroxylation is 1. The van der Waals surface area contributed by atoms with E-state index in [9.17, 15) is 19.2 Å². The molecule has 2 aliphatic heterocycles. The Balaban J connectivity index is 1.84. The zero-order chi connectivity index (χ0) is 24.1. The number of para-hydroxylation sites is 1. The third kappa shape index (κ3) is 5.30. The van der Waals surface area contributed by atoms with E-state index in [1.54, 1.807) is 6.92 Å². The third-order valence-corrected chi connectivity index (χ3v) is 6.00. The van der Waals surface area contributed by atoms with Crippen molar-refractivity contribution >= 4 is 35.7 Å². The number of rotatable bonds is 8. The Labute approximate surface area is 192 Å². The van der Waals surface area contributed by atoms with E-state index in [0.717, 1.165) is 16.8 Å². The molecule has 11 heteroatoms. The Hall–Kier alpha value is -3.47. The maximum absolute atomic E-state index is 13.5. The maximum atomic E-state index is 13.5. The maximum Gasteiger partial charge on any atom is 0.332 e. The van der Waals surface area contributed by atoms with Gasteiger partial charge in [0.05, 0.1) is 17.8 Å². The zero-order valence-electron chi connectivity index (χ0n) is 18.8. The molecule has 4 atom stereocenters. The molecule has 0 spiro atoms. The highest BCUT2D eigenvalue weighted by atomic mass is 16.2. The first-order chi connectivity index (χ1) is 15.8. The quantitative estimate of drug-likeness (QED) is 0.265. The van der Waals surface area contributed by atoms with Gasteiger partial charge in [0.2, 0.25) is 17.7 Å². The molecule has 0 saturated heterocycles. The van der Waals surface area contributed by atoms with Gasteiger partial charge in [0.25, 0.3) is 0 Å². The van der Waals surface area contributed by atoms with Gasteiger partial charge >= 0.3 is 6.03 Å². The van der Waals surface area contributed by atoms with Crippen LogP contribution in [0.4, 0.5) is 10.5 Å². The summed E-state index contributed by atoms with van der Waals surface area (Å²) in [6.07, 6.45) is 3.73. The summed E-state index contributed by atoms with van der Waals surface area (Å²) in [5.41, 5.74) is 15.6. The Bertz CT molecular complexity index is 964. The number of benzene rings is 1. The van der Waals surface area contributed by atoms with E-state index in [2.05, 4.69) is 21.2 Å². The molecule has 1 aromatic rings. The summed E-state index contributed by atoms with van der Waals surface area (Å²) in [6, 6.07) is 2.26. The Morgan fingerprint density at radius 1 is 1.24 bits per heavy atom. The number of nitrogens with one attached hydrogen (secondary N) is 3. The number of anilines is 1. The van der Waals surface area contributed by atoms with Crippen molar-refractivity contribution in [1.29, 1.82) is 0 Å². The van der Waals surface area contributed by atoms with Crippen molar-refractivity contribution in [3.8, 4) is 0 Å². The zero-order valence-corrected chi connectivity index (χ0v) is 18.8. The molecule has 1 aromatic carbocycles. The van der Waals surface area contributed by atoms with Gasteiger partial charge in [-0.2, -0.15) is 5.10 Å². The fourth-order valence-corrected chi connectivity index (χ4v) is 4.15. The summed E-state index contributed by atoms with van der Waals surface area (Å²) in [5.74, 6) is -1.06. The van der Waals surface area contributed by atoms with Gasteiger partial charge in [-0.25, -0.2) is 10.2 Å². The highest BCUT2D eigenvalue weighted by molar-refractivity contribution is 6.08. The van der Waals surface area contributed by atoms with Gasteiger partial charge in [0.1, 0.15) is 12.1 Å². The van der Waals surface area contributed by atoms with Crippen LogP contribution in [0.25, 0.3) is 0 Å². The van der Waals surface area contributed by atoms with Crippen LogP contribution in [0.2, 0.25) is 0 Å². The largest absolute Gasteiger partial charge is 0.350 e. The molecule has 5 amide bonds. The molecule has 0 fully saturated rings. The molecule has 2 aliphatic rings. The number of urea groups is 1. The van der Waals surface area contributed by atoms with Crippen molar-refractivity contribution in [1.82, 2.24) is 16.1 Å². The Kier molecular flexibility index (Phi) is 7.64. The van der Waals surface area contributed by atoms with Crippen LogP contribution in [-0.2, 0) is 27.2 Å². The third-order valence-electron chi connectivity index (χ3n) is 6.00. The van der Waals surface area contributed by atoms with E-state index in [0.29, 0.717) is 32.1 Å². The lowest BCUT2D eigenvalue weighted by atomic mass is 10.0.